The van der Waals surface area contributed by atoms with Crippen molar-refractivity contribution in [3.63, 3.8) is 0 Å². The fourth-order valence-electron chi connectivity index (χ4n) is 1.77. The largest absolute Gasteiger partial charge is 0.464 e. The molecule has 1 heterocycles. The Morgan fingerprint density at radius 3 is 2.39 bits per heavy atom. The lowest BCUT2D eigenvalue weighted by atomic mass is 10.1. The Labute approximate surface area is 105 Å². The molecule has 18 heavy (non-hydrogen) atoms. The summed E-state index contributed by atoms with van der Waals surface area (Å²) < 4.78 is 4.65. The van der Waals surface area contributed by atoms with Crippen LogP contribution in [0, 0.1) is 0 Å². The predicted octanol–water partition coefficient (Wildman–Crippen LogP) is 2.67. The predicted molar refractivity (Wildman–Crippen MR) is 67.6 cm³/mol. The van der Waals surface area contributed by atoms with Crippen molar-refractivity contribution < 1.29 is 14.3 Å². The Morgan fingerprint density at radius 1 is 1.17 bits per heavy atom. The number of carbonyl (C=O) groups is 2. The number of esters is 1. The number of methoxy groups -OCH3 is 1. The Bertz CT molecular complexity index is 584. The summed E-state index contributed by atoms with van der Waals surface area (Å²) in [5.41, 5.74) is 2.18. The third-order valence-electron chi connectivity index (χ3n) is 2.67. The third kappa shape index (κ3) is 2.18. The van der Waals surface area contributed by atoms with Crippen LogP contribution in [0.5, 0.6) is 0 Å². The van der Waals surface area contributed by atoms with Crippen LogP contribution in [-0.2, 0) is 4.74 Å². The number of ketones is 1. The van der Waals surface area contributed by atoms with Crippen molar-refractivity contribution in [1.29, 1.82) is 0 Å². The molecule has 1 N–H and O–H groups in total. The van der Waals surface area contributed by atoms with Gasteiger partial charge in [0.15, 0.2) is 5.78 Å². The Balaban J connectivity index is 2.53. The molecule has 0 aliphatic rings. The highest BCUT2D eigenvalue weighted by Crippen LogP contribution is 2.22. The number of benzene rings is 1. The van der Waals surface area contributed by atoms with Crippen molar-refractivity contribution >= 4 is 11.8 Å². The molecule has 2 aromatic rings. The summed E-state index contributed by atoms with van der Waals surface area (Å²) in [6.07, 6.45) is 0. The number of hydrogen-bond acceptors (Lipinski definition) is 3. The molecule has 0 aliphatic heterocycles. The van der Waals surface area contributed by atoms with E-state index in [9.17, 15) is 9.59 Å². The summed E-state index contributed by atoms with van der Waals surface area (Å²) in [5.74, 6) is -0.712. The summed E-state index contributed by atoms with van der Waals surface area (Å²) in [6, 6.07) is 11.2. The fourth-order valence-corrected chi connectivity index (χ4v) is 1.77. The third-order valence-corrected chi connectivity index (χ3v) is 2.67. The van der Waals surface area contributed by atoms with E-state index in [4.69, 9.17) is 0 Å². The topological polar surface area (TPSA) is 59.2 Å². The van der Waals surface area contributed by atoms with Crippen molar-refractivity contribution in [3.05, 3.63) is 47.7 Å². The standard InChI is InChI=1S/C14H13NO3/c1-9(16)11-8-12(10-6-4-3-5-7-10)15-13(11)14(17)18-2/h3-8,15H,1-2H3. The summed E-state index contributed by atoms with van der Waals surface area (Å²) in [5, 5.41) is 0. The number of Topliss-reactive ketones (excluding diaryl/α,β-unsaturated/α-hetero) is 1. The van der Waals surface area contributed by atoms with Gasteiger partial charge < -0.3 is 9.72 Å². The molecular formula is C14H13NO3. The zero-order valence-corrected chi connectivity index (χ0v) is 10.2. The summed E-state index contributed by atoms with van der Waals surface area (Å²) in [6.45, 7) is 1.42. The lowest BCUT2D eigenvalue weighted by molar-refractivity contribution is 0.0591. The van der Waals surface area contributed by atoms with E-state index < -0.39 is 5.97 Å². The van der Waals surface area contributed by atoms with Gasteiger partial charge in [0, 0.05) is 5.69 Å². The first kappa shape index (κ1) is 12.1. The van der Waals surface area contributed by atoms with Crippen molar-refractivity contribution in [2.75, 3.05) is 7.11 Å². The molecule has 0 radical (unpaired) electrons. The van der Waals surface area contributed by atoms with E-state index in [1.807, 2.05) is 30.3 Å². The summed E-state index contributed by atoms with van der Waals surface area (Å²) in [7, 11) is 1.29. The van der Waals surface area contributed by atoms with Crippen LogP contribution in [0.1, 0.15) is 27.8 Å². The minimum Gasteiger partial charge on any atom is -0.464 e. The smallest absolute Gasteiger partial charge is 0.355 e. The second kappa shape index (κ2) is 4.87. The molecule has 0 unspecified atom stereocenters. The molecule has 1 aromatic heterocycles. The molecule has 0 fully saturated rings. The highest BCUT2D eigenvalue weighted by atomic mass is 16.5. The maximum atomic E-state index is 11.6. The van der Waals surface area contributed by atoms with Crippen LogP contribution in [0.2, 0.25) is 0 Å². The first-order valence-corrected chi connectivity index (χ1v) is 5.51. The molecule has 0 bridgehead atoms. The van der Waals surface area contributed by atoms with E-state index in [0.29, 0.717) is 5.56 Å². The molecule has 0 amide bonds. The highest BCUT2D eigenvalue weighted by Gasteiger charge is 2.19. The zero-order valence-electron chi connectivity index (χ0n) is 10.2. The van der Waals surface area contributed by atoms with Gasteiger partial charge in [-0.05, 0) is 18.6 Å². The second-order valence-electron chi connectivity index (χ2n) is 3.89. The molecule has 2 rings (SSSR count). The quantitative estimate of drug-likeness (QED) is 0.666. The number of hydrogen-bond donors (Lipinski definition) is 1. The van der Waals surface area contributed by atoms with E-state index in [0.717, 1.165) is 11.3 Å². The Morgan fingerprint density at radius 2 is 1.83 bits per heavy atom. The van der Waals surface area contributed by atoms with E-state index in [1.165, 1.54) is 14.0 Å². The van der Waals surface area contributed by atoms with Crippen molar-refractivity contribution in [3.8, 4) is 11.3 Å². The van der Waals surface area contributed by atoms with Gasteiger partial charge in [0.25, 0.3) is 0 Å². The van der Waals surface area contributed by atoms with Crippen LogP contribution in [-0.4, -0.2) is 23.8 Å². The SMILES string of the molecule is COC(=O)c1[nH]c(-c2ccccc2)cc1C(C)=O. The minimum absolute atomic E-state index is 0.172. The van der Waals surface area contributed by atoms with Gasteiger partial charge in [-0.3, -0.25) is 4.79 Å². The van der Waals surface area contributed by atoms with Crippen LogP contribution in [0.3, 0.4) is 0 Å². The summed E-state index contributed by atoms with van der Waals surface area (Å²) in [4.78, 5) is 26.0. The van der Waals surface area contributed by atoms with Crippen molar-refractivity contribution in [1.82, 2.24) is 4.98 Å². The zero-order chi connectivity index (χ0) is 13.1. The van der Waals surface area contributed by atoms with Crippen molar-refractivity contribution in [2.45, 2.75) is 6.92 Å². The monoisotopic (exact) mass is 243 g/mol. The number of rotatable bonds is 3. The Hall–Kier alpha value is -2.36. The summed E-state index contributed by atoms with van der Waals surface area (Å²) >= 11 is 0. The van der Waals surface area contributed by atoms with Crippen LogP contribution < -0.4 is 0 Å². The lowest BCUT2D eigenvalue weighted by Gasteiger charge is -1.98. The number of nitrogens with one attached hydrogen (secondary N) is 1. The molecule has 4 heteroatoms. The molecule has 1 aromatic carbocycles. The van der Waals surface area contributed by atoms with Crippen LogP contribution in [0.25, 0.3) is 11.3 Å². The molecule has 0 atom stereocenters. The first-order chi connectivity index (χ1) is 8.63. The molecular weight excluding hydrogens is 230 g/mol. The lowest BCUT2D eigenvalue weighted by Crippen LogP contribution is -2.07. The van der Waals surface area contributed by atoms with Gasteiger partial charge in [-0.15, -0.1) is 0 Å². The first-order valence-electron chi connectivity index (χ1n) is 5.51. The number of ether oxygens (including phenoxy) is 1. The van der Waals surface area contributed by atoms with Gasteiger partial charge in [0.1, 0.15) is 5.69 Å². The number of carbonyl (C=O) groups excluding carboxylic acids is 2. The van der Waals surface area contributed by atoms with Gasteiger partial charge in [-0.25, -0.2) is 4.79 Å². The molecule has 0 aliphatic carbocycles. The molecule has 0 saturated carbocycles. The highest BCUT2D eigenvalue weighted by molar-refractivity contribution is 6.05. The van der Waals surface area contributed by atoms with Gasteiger partial charge in [-0.1, -0.05) is 30.3 Å². The van der Waals surface area contributed by atoms with E-state index in [2.05, 4.69) is 9.72 Å². The average Bonchev–Trinajstić information content (AvgIpc) is 2.84. The van der Waals surface area contributed by atoms with Crippen molar-refractivity contribution in [2.24, 2.45) is 0 Å². The normalized spacial score (nSPS) is 10.1. The van der Waals surface area contributed by atoms with Gasteiger partial charge in [0.2, 0.25) is 0 Å². The molecule has 0 saturated heterocycles. The molecule has 4 nitrogen and oxygen atoms in total. The van der Waals surface area contributed by atoms with Gasteiger partial charge in [-0.2, -0.15) is 0 Å². The van der Waals surface area contributed by atoms with Crippen LogP contribution in [0.15, 0.2) is 36.4 Å². The Kier molecular flexibility index (Phi) is 3.28. The molecule has 92 valence electrons. The maximum Gasteiger partial charge on any atom is 0.355 e. The fraction of sp³-hybridized carbons (Fsp3) is 0.143. The minimum atomic E-state index is -0.539. The number of aromatic amines is 1. The van der Waals surface area contributed by atoms with Crippen LogP contribution >= 0.6 is 0 Å². The van der Waals surface area contributed by atoms with Crippen LogP contribution in [0.4, 0.5) is 0 Å². The van der Waals surface area contributed by atoms with E-state index >= 15 is 0 Å². The van der Waals surface area contributed by atoms with E-state index in [-0.39, 0.29) is 11.5 Å². The van der Waals surface area contributed by atoms with Gasteiger partial charge in [0.05, 0.1) is 12.7 Å². The average molecular weight is 243 g/mol. The number of aromatic nitrogens is 1. The van der Waals surface area contributed by atoms with Gasteiger partial charge >= 0.3 is 5.97 Å². The van der Waals surface area contributed by atoms with E-state index in [1.54, 1.807) is 6.07 Å². The maximum absolute atomic E-state index is 11.6. The number of H-pyrrole nitrogens is 1. The molecule has 0 spiro atoms. The second-order valence-corrected chi connectivity index (χ2v) is 3.89.